The molecule has 10 heavy (non-hydrogen) atoms. The molecule has 0 amide bonds. The molecular formula is C8H19NO. The van der Waals surface area contributed by atoms with Crippen molar-refractivity contribution in [3.63, 3.8) is 0 Å². The van der Waals surface area contributed by atoms with Gasteiger partial charge in [0.05, 0.1) is 0 Å². The molecule has 0 heterocycles. The minimum Gasteiger partial charge on any atom is -0.314 e. The molecule has 1 N–H and O–H groups in total. The van der Waals surface area contributed by atoms with Crippen molar-refractivity contribution >= 4 is 0 Å². The lowest BCUT2D eigenvalue weighted by molar-refractivity contribution is -0.0990. The van der Waals surface area contributed by atoms with E-state index in [9.17, 15) is 5.21 Å². The first-order valence-electron chi connectivity index (χ1n) is 4.10. The van der Waals surface area contributed by atoms with Crippen molar-refractivity contribution in [2.45, 2.75) is 33.6 Å². The van der Waals surface area contributed by atoms with Crippen LogP contribution < -0.4 is 0 Å². The van der Waals surface area contributed by atoms with Crippen molar-refractivity contribution in [1.29, 1.82) is 0 Å². The Morgan fingerprint density at radius 1 is 1.40 bits per heavy atom. The van der Waals surface area contributed by atoms with Crippen molar-refractivity contribution in [2.75, 3.05) is 13.1 Å². The van der Waals surface area contributed by atoms with Crippen LogP contribution >= 0.6 is 0 Å². The standard InChI is InChI=1S/C8H19NO/c1-4-5-6-9(10)7-8(2)3/h8,10H,4-7H2,1-3H3. The molecule has 0 saturated heterocycles. The Balaban J connectivity index is 3.16. The maximum absolute atomic E-state index is 9.18. The Bertz CT molecular complexity index is 73.7. The van der Waals surface area contributed by atoms with Crippen molar-refractivity contribution in [3.05, 3.63) is 0 Å². The molecular weight excluding hydrogens is 126 g/mol. The van der Waals surface area contributed by atoms with Crippen molar-refractivity contribution < 1.29 is 5.21 Å². The number of hydroxylamine groups is 2. The van der Waals surface area contributed by atoms with E-state index in [1.165, 1.54) is 5.06 Å². The Hall–Kier alpha value is -0.0800. The predicted octanol–water partition coefficient (Wildman–Crippen LogP) is 2.13. The van der Waals surface area contributed by atoms with E-state index in [1.807, 2.05) is 0 Å². The molecule has 0 aromatic carbocycles. The molecule has 0 rings (SSSR count). The second kappa shape index (κ2) is 5.69. The maximum Gasteiger partial charge on any atom is 0.0261 e. The molecule has 2 heteroatoms. The van der Waals surface area contributed by atoms with Crippen LogP contribution in [0.2, 0.25) is 0 Å². The van der Waals surface area contributed by atoms with Gasteiger partial charge in [0.25, 0.3) is 0 Å². The first-order chi connectivity index (χ1) is 4.66. The molecule has 0 unspecified atom stereocenters. The van der Waals surface area contributed by atoms with Gasteiger partial charge in [0, 0.05) is 13.1 Å². The van der Waals surface area contributed by atoms with Gasteiger partial charge in [-0.05, 0) is 12.3 Å². The zero-order valence-corrected chi connectivity index (χ0v) is 7.30. The van der Waals surface area contributed by atoms with Crippen LogP contribution in [0.4, 0.5) is 0 Å². The highest BCUT2D eigenvalue weighted by molar-refractivity contribution is 4.48. The molecule has 0 aliphatic heterocycles. The van der Waals surface area contributed by atoms with E-state index < -0.39 is 0 Å². The quantitative estimate of drug-likeness (QED) is 0.599. The van der Waals surface area contributed by atoms with Crippen LogP contribution in [0.15, 0.2) is 0 Å². The van der Waals surface area contributed by atoms with Crippen LogP contribution in [0.1, 0.15) is 33.6 Å². The van der Waals surface area contributed by atoms with E-state index in [-0.39, 0.29) is 0 Å². The summed E-state index contributed by atoms with van der Waals surface area (Å²) in [6.07, 6.45) is 2.23. The van der Waals surface area contributed by atoms with Crippen molar-refractivity contribution in [1.82, 2.24) is 5.06 Å². The van der Waals surface area contributed by atoms with Crippen LogP contribution in [0, 0.1) is 5.92 Å². The summed E-state index contributed by atoms with van der Waals surface area (Å²) in [4.78, 5) is 0. The molecule has 0 aromatic heterocycles. The van der Waals surface area contributed by atoms with Crippen molar-refractivity contribution in [3.8, 4) is 0 Å². The molecule has 2 nitrogen and oxygen atoms in total. The number of rotatable bonds is 5. The van der Waals surface area contributed by atoms with E-state index in [1.54, 1.807) is 0 Å². The minimum absolute atomic E-state index is 0.557. The molecule has 0 radical (unpaired) electrons. The van der Waals surface area contributed by atoms with Gasteiger partial charge in [0.2, 0.25) is 0 Å². The van der Waals surface area contributed by atoms with E-state index in [0.717, 1.165) is 25.9 Å². The highest BCUT2D eigenvalue weighted by Crippen LogP contribution is 1.97. The van der Waals surface area contributed by atoms with E-state index in [0.29, 0.717) is 5.92 Å². The lowest BCUT2D eigenvalue weighted by Crippen LogP contribution is -2.24. The second-order valence-electron chi connectivity index (χ2n) is 3.16. The number of nitrogens with zero attached hydrogens (tertiary/aromatic N) is 1. The summed E-state index contributed by atoms with van der Waals surface area (Å²) in [5.41, 5.74) is 0. The van der Waals surface area contributed by atoms with Gasteiger partial charge >= 0.3 is 0 Å². The normalized spacial score (nSPS) is 11.4. The van der Waals surface area contributed by atoms with E-state index in [4.69, 9.17) is 0 Å². The average molecular weight is 145 g/mol. The molecule has 0 saturated carbocycles. The average Bonchev–Trinajstić information content (AvgIpc) is 1.82. The summed E-state index contributed by atoms with van der Waals surface area (Å²) in [5, 5.41) is 10.6. The topological polar surface area (TPSA) is 23.5 Å². The van der Waals surface area contributed by atoms with Crippen LogP contribution in [-0.4, -0.2) is 23.4 Å². The monoisotopic (exact) mass is 145 g/mol. The van der Waals surface area contributed by atoms with Gasteiger partial charge in [0.15, 0.2) is 0 Å². The third-order valence-corrected chi connectivity index (χ3v) is 1.35. The molecule has 0 spiro atoms. The first kappa shape index (κ1) is 9.92. The molecule has 0 atom stereocenters. The highest BCUT2D eigenvalue weighted by atomic mass is 16.5. The zero-order valence-electron chi connectivity index (χ0n) is 7.30. The first-order valence-corrected chi connectivity index (χ1v) is 4.10. The molecule has 0 bridgehead atoms. The fourth-order valence-electron chi connectivity index (χ4n) is 0.853. The van der Waals surface area contributed by atoms with Gasteiger partial charge in [-0.15, -0.1) is 0 Å². The SMILES string of the molecule is CCCCN(O)CC(C)C. The number of hydrogen-bond donors (Lipinski definition) is 1. The largest absolute Gasteiger partial charge is 0.314 e. The second-order valence-corrected chi connectivity index (χ2v) is 3.16. The summed E-state index contributed by atoms with van der Waals surface area (Å²) in [6, 6.07) is 0. The molecule has 0 aliphatic rings. The van der Waals surface area contributed by atoms with Crippen molar-refractivity contribution in [2.24, 2.45) is 5.92 Å². The predicted molar refractivity (Wildman–Crippen MR) is 43.1 cm³/mol. The van der Waals surface area contributed by atoms with Gasteiger partial charge in [-0.2, -0.15) is 5.06 Å². The summed E-state index contributed by atoms with van der Waals surface area (Å²) in [5.74, 6) is 0.557. The number of unbranched alkanes of at least 4 members (excludes halogenated alkanes) is 1. The van der Waals surface area contributed by atoms with Gasteiger partial charge in [-0.1, -0.05) is 27.2 Å². The van der Waals surface area contributed by atoms with E-state index in [2.05, 4.69) is 20.8 Å². The summed E-state index contributed by atoms with van der Waals surface area (Å²) >= 11 is 0. The van der Waals surface area contributed by atoms with Crippen LogP contribution in [0.3, 0.4) is 0 Å². The lowest BCUT2D eigenvalue weighted by atomic mass is 10.2. The minimum atomic E-state index is 0.557. The molecule has 0 fully saturated rings. The third-order valence-electron chi connectivity index (χ3n) is 1.35. The Morgan fingerprint density at radius 3 is 2.40 bits per heavy atom. The molecule has 62 valence electrons. The summed E-state index contributed by atoms with van der Waals surface area (Å²) in [6.45, 7) is 7.95. The highest BCUT2D eigenvalue weighted by Gasteiger charge is 2.01. The molecule has 0 aliphatic carbocycles. The summed E-state index contributed by atoms with van der Waals surface area (Å²) in [7, 11) is 0. The Kier molecular flexibility index (Phi) is 5.64. The fourth-order valence-corrected chi connectivity index (χ4v) is 0.853. The summed E-state index contributed by atoms with van der Waals surface area (Å²) < 4.78 is 0. The van der Waals surface area contributed by atoms with Gasteiger partial charge in [-0.25, -0.2) is 0 Å². The Morgan fingerprint density at radius 2 is 2.00 bits per heavy atom. The third kappa shape index (κ3) is 6.05. The smallest absolute Gasteiger partial charge is 0.0261 e. The van der Waals surface area contributed by atoms with Crippen LogP contribution in [0.25, 0.3) is 0 Å². The number of hydrogen-bond acceptors (Lipinski definition) is 2. The van der Waals surface area contributed by atoms with Crippen LogP contribution in [0.5, 0.6) is 0 Å². The van der Waals surface area contributed by atoms with Gasteiger partial charge < -0.3 is 5.21 Å². The maximum atomic E-state index is 9.18. The lowest BCUT2D eigenvalue weighted by Gasteiger charge is -2.15. The van der Waals surface area contributed by atoms with E-state index >= 15 is 0 Å². The molecule has 0 aromatic rings. The Labute approximate surface area is 63.8 Å². The van der Waals surface area contributed by atoms with Crippen LogP contribution in [-0.2, 0) is 0 Å². The fraction of sp³-hybridized carbons (Fsp3) is 1.00. The van der Waals surface area contributed by atoms with Gasteiger partial charge in [-0.3, -0.25) is 0 Å². The van der Waals surface area contributed by atoms with Gasteiger partial charge in [0.1, 0.15) is 0 Å². The zero-order chi connectivity index (χ0) is 7.98.